The first-order chi connectivity index (χ1) is 11.4. The molecule has 2 amide bonds. The number of nitrogens with zero attached hydrogens (tertiary/aromatic N) is 2. The van der Waals surface area contributed by atoms with Gasteiger partial charge < -0.3 is 20.1 Å². The van der Waals surface area contributed by atoms with Gasteiger partial charge in [-0.2, -0.15) is 0 Å². The van der Waals surface area contributed by atoms with Crippen LogP contribution in [0.3, 0.4) is 0 Å². The summed E-state index contributed by atoms with van der Waals surface area (Å²) in [6, 6.07) is 3.33. The number of ether oxygens (including phenoxy) is 1. The second-order valence-electron chi connectivity index (χ2n) is 6.33. The highest BCUT2D eigenvalue weighted by atomic mass is 16.5. The molecule has 132 valence electrons. The molecular formula is C16H24N4O4. The Bertz CT molecular complexity index is 585. The van der Waals surface area contributed by atoms with Gasteiger partial charge in [-0.25, -0.2) is 9.78 Å². The van der Waals surface area contributed by atoms with Gasteiger partial charge in [0.1, 0.15) is 0 Å². The van der Waals surface area contributed by atoms with Gasteiger partial charge in [0.25, 0.3) is 0 Å². The zero-order valence-electron chi connectivity index (χ0n) is 14.0. The van der Waals surface area contributed by atoms with E-state index in [0.717, 1.165) is 18.8 Å². The van der Waals surface area contributed by atoms with E-state index in [2.05, 4.69) is 20.5 Å². The van der Waals surface area contributed by atoms with Gasteiger partial charge in [-0.1, -0.05) is 0 Å². The summed E-state index contributed by atoms with van der Waals surface area (Å²) in [6.07, 6.45) is 1.96. The monoisotopic (exact) mass is 336 g/mol. The molecule has 1 fully saturated rings. The number of aromatic nitrogens is 1. The topological polar surface area (TPSA) is 104 Å². The van der Waals surface area contributed by atoms with E-state index in [1.165, 1.54) is 0 Å². The first kappa shape index (κ1) is 18.0. The van der Waals surface area contributed by atoms with Crippen molar-refractivity contribution in [2.45, 2.75) is 32.2 Å². The molecule has 0 bridgehead atoms. The van der Waals surface area contributed by atoms with Crippen LogP contribution in [0.15, 0.2) is 18.3 Å². The molecule has 0 saturated carbocycles. The number of aliphatic carboxylic acids is 1. The number of carboxylic acids is 1. The van der Waals surface area contributed by atoms with E-state index in [1.54, 1.807) is 20.0 Å². The summed E-state index contributed by atoms with van der Waals surface area (Å²) in [4.78, 5) is 29.3. The van der Waals surface area contributed by atoms with Crippen LogP contribution in [0.5, 0.6) is 0 Å². The first-order valence-corrected chi connectivity index (χ1v) is 7.96. The Balaban J connectivity index is 1.99. The van der Waals surface area contributed by atoms with Gasteiger partial charge in [-0.15, -0.1) is 0 Å². The number of anilines is 2. The number of carbonyl (C=O) groups excluding carboxylic acids is 1. The number of hydrogen-bond donors (Lipinski definition) is 3. The van der Waals surface area contributed by atoms with Gasteiger partial charge in [0.2, 0.25) is 0 Å². The summed E-state index contributed by atoms with van der Waals surface area (Å²) >= 11 is 0. The molecule has 1 aromatic rings. The third kappa shape index (κ3) is 5.38. The summed E-state index contributed by atoms with van der Waals surface area (Å²) in [5.74, 6) is -0.407. The predicted molar refractivity (Wildman–Crippen MR) is 90.4 cm³/mol. The molecule has 0 aliphatic carbocycles. The molecule has 2 heterocycles. The van der Waals surface area contributed by atoms with E-state index >= 15 is 0 Å². The molecule has 2 rings (SSSR count). The van der Waals surface area contributed by atoms with Gasteiger partial charge >= 0.3 is 12.0 Å². The van der Waals surface area contributed by atoms with Crippen molar-refractivity contribution in [2.24, 2.45) is 0 Å². The quantitative estimate of drug-likeness (QED) is 0.730. The first-order valence-electron chi connectivity index (χ1n) is 7.96. The molecule has 8 nitrogen and oxygen atoms in total. The van der Waals surface area contributed by atoms with Crippen molar-refractivity contribution in [3.63, 3.8) is 0 Å². The lowest BCUT2D eigenvalue weighted by Crippen LogP contribution is -2.46. The zero-order chi connectivity index (χ0) is 17.6. The molecule has 0 spiro atoms. The molecule has 8 heteroatoms. The smallest absolute Gasteiger partial charge is 0.320 e. The lowest BCUT2D eigenvalue weighted by molar-refractivity contribution is -0.137. The normalized spacial score (nSPS) is 15.0. The number of morpholine rings is 1. The summed E-state index contributed by atoms with van der Waals surface area (Å²) in [5.41, 5.74) is 0.218. The highest BCUT2D eigenvalue weighted by molar-refractivity contribution is 5.92. The van der Waals surface area contributed by atoms with Gasteiger partial charge in [0.15, 0.2) is 5.82 Å². The van der Waals surface area contributed by atoms with E-state index in [-0.39, 0.29) is 6.42 Å². The molecule has 1 aliphatic rings. The van der Waals surface area contributed by atoms with Crippen LogP contribution in [0.1, 0.15) is 26.7 Å². The number of nitrogens with one attached hydrogen (secondary N) is 2. The number of urea groups is 1. The van der Waals surface area contributed by atoms with Gasteiger partial charge in [0, 0.05) is 31.2 Å². The number of rotatable bonds is 6. The number of carbonyl (C=O) groups is 2. The van der Waals surface area contributed by atoms with Crippen molar-refractivity contribution in [2.75, 3.05) is 36.5 Å². The van der Waals surface area contributed by atoms with E-state index in [0.29, 0.717) is 25.5 Å². The maximum Gasteiger partial charge on any atom is 0.320 e. The average molecular weight is 336 g/mol. The lowest BCUT2D eigenvalue weighted by atomic mass is 9.99. The van der Waals surface area contributed by atoms with Crippen molar-refractivity contribution < 1.29 is 19.4 Å². The van der Waals surface area contributed by atoms with Gasteiger partial charge in [-0.3, -0.25) is 10.1 Å². The van der Waals surface area contributed by atoms with Crippen LogP contribution in [0.4, 0.5) is 16.3 Å². The third-order valence-corrected chi connectivity index (χ3v) is 3.79. The number of amides is 2. The highest BCUT2D eigenvalue weighted by Crippen LogP contribution is 2.24. The maximum atomic E-state index is 12.3. The second-order valence-corrected chi connectivity index (χ2v) is 6.33. The van der Waals surface area contributed by atoms with E-state index < -0.39 is 17.5 Å². The highest BCUT2D eigenvalue weighted by Gasteiger charge is 2.23. The summed E-state index contributed by atoms with van der Waals surface area (Å²) in [7, 11) is 0. The van der Waals surface area contributed by atoms with E-state index in [9.17, 15) is 9.59 Å². The molecule has 0 unspecified atom stereocenters. The van der Waals surface area contributed by atoms with Crippen molar-refractivity contribution in [3.8, 4) is 0 Å². The fourth-order valence-electron chi connectivity index (χ4n) is 2.48. The van der Waals surface area contributed by atoms with Crippen LogP contribution >= 0.6 is 0 Å². The van der Waals surface area contributed by atoms with Crippen LogP contribution in [-0.4, -0.2) is 53.9 Å². The van der Waals surface area contributed by atoms with Crippen LogP contribution in [-0.2, 0) is 9.53 Å². The van der Waals surface area contributed by atoms with Crippen LogP contribution in [0.25, 0.3) is 0 Å². The average Bonchev–Trinajstić information content (AvgIpc) is 2.54. The lowest BCUT2D eigenvalue weighted by Gasteiger charge is -2.30. The molecule has 0 atom stereocenters. The number of pyridine rings is 1. The Hall–Kier alpha value is -2.35. The van der Waals surface area contributed by atoms with Crippen molar-refractivity contribution in [1.29, 1.82) is 0 Å². The van der Waals surface area contributed by atoms with Gasteiger partial charge in [0.05, 0.1) is 18.9 Å². The molecule has 1 aromatic heterocycles. The van der Waals surface area contributed by atoms with E-state index in [4.69, 9.17) is 9.84 Å². The third-order valence-electron chi connectivity index (χ3n) is 3.79. The maximum absolute atomic E-state index is 12.3. The molecular weight excluding hydrogens is 312 g/mol. The minimum absolute atomic E-state index is 0.00407. The summed E-state index contributed by atoms with van der Waals surface area (Å²) in [5, 5.41) is 14.3. The zero-order valence-corrected chi connectivity index (χ0v) is 14.0. The predicted octanol–water partition coefficient (Wildman–Crippen LogP) is 1.68. The van der Waals surface area contributed by atoms with Crippen LogP contribution in [0, 0.1) is 0 Å². The minimum atomic E-state index is -0.885. The summed E-state index contributed by atoms with van der Waals surface area (Å²) < 4.78 is 5.34. The van der Waals surface area contributed by atoms with Crippen molar-refractivity contribution >= 4 is 23.5 Å². The van der Waals surface area contributed by atoms with Crippen LogP contribution < -0.4 is 15.5 Å². The van der Waals surface area contributed by atoms with Gasteiger partial charge in [-0.05, 0) is 32.4 Å². The Morgan fingerprint density at radius 3 is 2.75 bits per heavy atom. The molecule has 0 aromatic carbocycles. The Morgan fingerprint density at radius 1 is 1.38 bits per heavy atom. The molecule has 24 heavy (non-hydrogen) atoms. The fourth-order valence-corrected chi connectivity index (χ4v) is 2.48. The van der Waals surface area contributed by atoms with Crippen molar-refractivity contribution in [3.05, 3.63) is 18.3 Å². The Kier molecular flexibility index (Phi) is 5.97. The van der Waals surface area contributed by atoms with E-state index in [1.807, 2.05) is 12.1 Å². The Labute approximate surface area is 141 Å². The standard InChI is InChI=1S/C16H24N4O4/c1-16(2,6-5-13(21)22)19-15(23)18-14-12(4-3-7-17-14)20-8-10-24-11-9-20/h3-4,7H,5-6,8-11H2,1-2H3,(H,21,22)(H2,17,18,19,23). The molecule has 1 saturated heterocycles. The molecule has 0 radical (unpaired) electrons. The largest absolute Gasteiger partial charge is 0.481 e. The SMILES string of the molecule is CC(C)(CCC(=O)O)NC(=O)Nc1ncccc1N1CCOCC1. The number of hydrogen-bond acceptors (Lipinski definition) is 5. The Morgan fingerprint density at radius 2 is 2.08 bits per heavy atom. The second kappa shape index (κ2) is 7.96. The molecule has 3 N–H and O–H groups in total. The van der Waals surface area contributed by atoms with Crippen molar-refractivity contribution in [1.82, 2.24) is 10.3 Å². The summed E-state index contributed by atoms with van der Waals surface area (Å²) in [6.45, 7) is 6.34. The van der Waals surface area contributed by atoms with Crippen LogP contribution in [0.2, 0.25) is 0 Å². The molecule has 1 aliphatic heterocycles. The number of carboxylic acid groups (broad SMARTS) is 1. The minimum Gasteiger partial charge on any atom is -0.481 e. The fraction of sp³-hybridized carbons (Fsp3) is 0.562.